The van der Waals surface area contributed by atoms with E-state index in [9.17, 15) is 4.79 Å². The van der Waals surface area contributed by atoms with Crippen molar-refractivity contribution in [1.82, 2.24) is 14.9 Å². The summed E-state index contributed by atoms with van der Waals surface area (Å²) in [6, 6.07) is 19.4. The van der Waals surface area contributed by atoms with Crippen molar-refractivity contribution >= 4 is 6.09 Å². The number of amides is 1. The molecule has 0 fully saturated rings. The molecule has 0 unspecified atom stereocenters. The van der Waals surface area contributed by atoms with Crippen LogP contribution < -0.4 is 5.32 Å². The molecule has 0 spiro atoms. The summed E-state index contributed by atoms with van der Waals surface area (Å²) in [6.07, 6.45) is 3.05. The SMILES string of the molecule is Cc1ncc2n1[C@@H](c1ccc(C#N)cc1)CC[C@@H]2NC(=O)OCc1ccccc1. The molecule has 0 radical (unpaired) electrons. The van der Waals surface area contributed by atoms with Gasteiger partial charge in [-0.25, -0.2) is 9.78 Å². The highest BCUT2D eigenvalue weighted by atomic mass is 16.5. The third-order valence-corrected chi connectivity index (χ3v) is 5.34. The Morgan fingerprint density at radius 2 is 1.97 bits per heavy atom. The minimum Gasteiger partial charge on any atom is -0.445 e. The Morgan fingerprint density at radius 1 is 1.21 bits per heavy atom. The number of fused-ring (bicyclic) bond motifs is 1. The first-order chi connectivity index (χ1) is 14.2. The Bertz CT molecular complexity index is 1030. The van der Waals surface area contributed by atoms with Gasteiger partial charge < -0.3 is 14.6 Å². The van der Waals surface area contributed by atoms with Gasteiger partial charge in [-0.05, 0) is 43.0 Å². The second-order valence-electron chi connectivity index (χ2n) is 7.19. The standard InChI is InChI=1S/C23H22N4O2/c1-16-25-14-22-20(26-23(28)29-15-18-5-3-2-4-6-18)11-12-21(27(16)22)19-9-7-17(13-24)8-10-19/h2-10,14,20-21H,11-12,15H2,1H3,(H,26,28)/t20-,21+/m0/s1. The van der Waals surface area contributed by atoms with Crippen LogP contribution >= 0.6 is 0 Å². The summed E-state index contributed by atoms with van der Waals surface area (Å²) in [7, 11) is 0. The van der Waals surface area contributed by atoms with Crippen molar-refractivity contribution in [3.05, 3.63) is 89.0 Å². The van der Waals surface area contributed by atoms with Gasteiger partial charge in [-0.2, -0.15) is 5.26 Å². The van der Waals surface area contributed by atoms with E-state index >= 15 is 0 Å². The first kappa shape index (κ1) is 18.8. The number of ether oxygens (including phenoxy) is 1. The molecule has 0 saturated heterocycles. The lowest BCUT2D eigenvalue weighted by Gasteiger charge is -2.32. The van der Waals surface area contributed by atoms with Gasteiger partial charge >= 0.3 is 6.09 Å². The highest BCUT2D eigenvalue weighted by molar-refractivity contribution is 5.67. The molecule has 0 saturated carbocycles. The molecule has 0 aliphatic carbocycles. The van der Waals surface area contributed by atoms with Crippen LogP contribution in [0.25, 0.3) is 0 Å². The fraction of sp³-hybridized carbons (Fsp3) is 0.261. The summed E-state index contributed by atoms with van der Waals surface area (Å²) in [5.41, 5.74) is 3.71. The van der Waals surface area contributed by atoms with Crippen molar-refractivity contribution in [2.24, 2.45) is 0 Å². The van der Waals surface area contributed by atoms with Crippen LogP contribution in [-0.2, 0) is 11.3 Å². The van der Waals surface area contributed by atoms with Gasteiger partial charge in [-0.3, -0.25) is 0 Å². The number of nitrogens with zero attached hydrogens (tertiary/aromatic N) is 3. The maximum absolute atomic E-state index is 12.3. The van der Waals surface area contributed by atoms with Crippen molar-refractivity contribution in [2.45, 2.75) is 38.5 Å². The number of aromatic nitrogens is 2. The number of nitriles is 1. The number of carbonyl (C=O) groups excluding carboxylic acids is 1. The molecule has 1 aliphatic heterocycles. The first-order valence-corrected chi connectivity index (χ1v) is 9.66. The lowest BCUT2D eigenvalue weighted by atomic mass is 9.92. The van der Waals surface area contributed by atoms with Gasteiger partial charge in [-0.1, -0.05) is 42.5 Å². The fourth-order valence-corrected chi connectivity index (χ4v) is 3.88. The van der Waals surface area contributed by atoms with Crippen LogP contribution in [0.5, 0.6) is 0 Å². The molecule has 146 valence electrons. The Balaban J connectivity index is 1.48. The Labute approximate surface area is 169 Å². The molecular weight excluding hydrogens is 364 g/mol. The Morgan fingerprint density at radius 3 is 2.69 bits per heavy atom. The van der Waals surface area contributed by atoms with Crippen LogP contribution in [0.15, 0.2) is 60.8 Å². The monoisotopic (exact) mass is 386 g/mol. The molecule has 2 atom stereocenters. The number of aryl methyl sites for hydroxylation is 1. The molecule has 29 heavy (non-hydrogen) atoms. The third-order valence-electron chi connectivity index (χ3n) is 5.34. The number of rotatable bonds is 4. The molecule has 2 heterocycles. The largest absolute Gasteiger partial charge is 0.445 e. The van der Waals surface area contributed by atoms with E-state index in [2.05, 4.69) is 20.9 Å². The minimum absolute atomic E-state index is 0.138. The number of carbonyl (C=O) groups is 1. The smallest absolute Gasteiger partial charge is 0.408 e. The number of imidazole rings is 1. The molecule has 1 aromatic heterocycles. The molecule has 1 N–H and O–H groups in total. The molecule has 3 aromatic rings. The van der Waals surface area contributed by atoms with E-state index < -0.39 is 6.09 Å². The van der Waals surface area contributed by atoms with Gasteiger partial charge in [0.15, 0.2) is 0 Å². The Hall–Kier alpha value is -3.59. The lowest BCUT2D eigenvalue weighted by molar-refractivity contribution is 0.133. The van der Waals surface area contributed by atoms with Crippen LogP contribution in [0.3, 0.4) is 0 Å². The maximum atomic E-state index is 12.3. The summed E-state index contributed by atoms with van der Waals surface area (Å²) in [4.78, 5) is 16.8. The number of nitrogens with one attached hydrogen (secondary N) is 1. The number of hydrogen-bond acceptors (Lipinski definition) is 4. The second-order valence-corrected chi connectivity index (χ2v) is 7.19. The van der Waals surface area contributed by atoms with Crippen LogP contribution in [0.2, 0.25) is 0 Å². The Kier molecular flexibility index (Phi) is 5.30. The second kappa shape index (κ2) is 8.19. The van der Waals surface area contributed by atoms with Crippen molar-refractivity contribution in [3.63, 3.8) is 0 Å². The zero-order valence-electron chi connectivity index (χ0n) is 16.2. The van der Waals surface area contributed by atoms with Gasteiger partial charge in [0, 0.05) is 0 Å². The predicted octanol–water partition coefficient (Wildman–Crippen LogP) is 4.41. The molecule has 1 amide bonds. The topological polar surface area (TPSA) is 79.9 Å². The third kappa shape index (κ3) is 3.99. The maximum Gasteiger partial charge on any atom is 0.408 e. The van der Waals surface area contributed by atoms with E-state index in [0.717, 1.165) is 35.5 Å². The van der Waals surface area contributed by atoms with Crippen molar-refractivity contribution < 1.29 is 9.53 Å². The van der Waals surface area contributed by atoms with E-state index in [4.69, 9.17) is 10.00 Å². The summed E-state index contributed by atoms with van der Waals surface area (Å²) >= 11 is 0. The molecule has 4 rings (SSSR count). The number of benzene rings is 2. The van der Waals surface area contributed by atoms with Crippen LogP contribution in [0.1, 0.15) is 53.1 Å². The average Bonchev–Trinajstić information content (AvgIpc) is 3.16. The molecule has 1 aliphatic rings. The first-order valence-electron chi connectivity index (χ1n) is 9.66. The quantitative estimate of drug-likeness (QED) is 0.720. The zero-order chi connectivity index (χ0) is 20.2. The van der Waals surface area contributed by atoms with Crippen molar-refractivity contribution in [2.75, 3.05) is 0 Å². The lowest BCUT2D eigenvalue weighted by Crippen LogP contribution is -2.34. The molecule has 6 nitrogen and oxygen atoms in total. The van der Waals surface area contributed by atoms with E-state index in [1.165, 1.54) is 0 Å². The average molecular weight is 386 g/mol. The highest BCUT2D eigenvalue weighted by Gasteiger charge is 2.31. The van der Waals surface area contributed by atoms with E-state index in [0.29, 0.717) is 5.56 Å². The number of alkyl carbamates (subject to hydrolysis) is 1. The summed E-state index contributed by atoms with van der Waals surface area (Å²) in [5.74, 6) is 0.901. The van der Waals surface area contributed by atoms with E-state index in [1.807, 2.05) is 67.7 Å². The number of hydrogen-bond donors (Lipinski definition) is 1. The summed E-state index contributed by atoms with van der Waals surface area (Å²) < 4.78 is 7.55. The van der Waals surface area contributed by atoms with E-state index in [1.54, 1.807) is 0 Å². The predicted molar refractivity (Wildman–Crippen MR) is 108 cm³/mol. The normalized spacial score (nSPS) is 17.8. The van der Waals surface area contributed by atoms with Gasteiger partial charge in [0.25, 0.3) is 0 Å². The summed E-state index contributed by atoms with van der Waals surface area (Å²) in [6.45, 7) is 2.21. The van der Waals surface area contributed by atoms with Crippen LogP contribution in [0.4, 0.5) is 4.79 Å². The van der Waals surface area contributed by atoms with Gasteiger partial charge in [-0.15, -0.1) is 0 Å². The zero-order valence-corrected chi connectivity index (χ0v) is 16.2. The van der Waals surface area contributed by atoms with Crippen molar-refractivity contribution in [1.29, 1.82) is 5.26 Å². The molecule has 6 heteroatoms. The van der Waals surface area contributed by atoms with Gasteiger partial charge in [0.05, 0.1) is 35.6 Å². The molecule has 0 bridgehead atoms. The molecular formula is C23H22N4O2. The fourth-order valence-electron chi connectivity index (χ4n) is 3.88. The van der Waals surface area contributed by atoms with Crippen LogP contribution in [0, 0.1) is 18.3 Å². The minimum atomic E-state index is -0.430. The van der Waals surface area contributed by atoms with E-state index in [-0.39, 0.29) is 18.7 Å². The van der Waals surface area contributed by atoms with Gasteiger partial charge in [0.1, 0.15) is 12.4 Å². The van der Waals surface area contributed by atoms with Gasteiger partial charge in [0.2, 0.25) is 0 Å². The van der Waals surface area contributed by atoms with Crippen LogP contribution in [-0.4, -0.2) is 15.6 Å². The molecule has 2 aromatic carbocycles. The summed E-state index contributed by atoms with van der Waals surface area (Å²) in [5, 5.41) is 12.0. The van der Waals surface area contributed by atoms with Crippen molar-refractivity contribution in [3.8, 4) is 6.07 Å². The highest BCUT2D eigenvalue weighted by Crippen LogP contribution is 2.37.